The molecule has 0 aliphatic carbocycles. The fourth-order valence-corrected chi connectivity index (χ4v) is 2.59. The van der Waals surface area contributed by atoms with E-state index in [1.54, 1.807) is 12.1 Å². The van der Waals surface area contributed by atoms with Crippen molar-refractivity contribution in [1.29, 1.82) is 0 Å². The zero-order valence-electron chi connectivity index (χ0n) is 11.8. The molecule has 0 unspecified atom stereocenters. The summed E-state index contributed by atoms with van der Waals surface area (Å²) in [6, 6.07) is 13.4. The zero-order chi connectivity index (χ0) is 15.2. The van der Waals surface area contributed by atoms with Crippen LogP contribution >= 0.6 is 23.2 Å². The summed E-state index contributed by atoms with van der Waals surface area (Å²) in [4.78, 5) is 11.9. The van der Waals surface area contributed by atoms with E-state index in [1.165, 1.54) is 5.56 Å². The lowest BCUT2D eigenvalue weighted by Gasteiger charge is -2.07. The lowest BCUT2D eigenvalue weighted by Crippen LogP contribution is -2.23. The molecule has 0 heterocycles. The van der Waals surface area contributed by atoms with Crippen LogP contribution in [0.3, 0.4) is 0 Å². The van der Waals surface area contributed by atoms with Gasteiger partial charge in [0.05, 0.1) is 0 Å². The molecule has 0 aromatic heterocycles. The van der Waals surface area contributed by atoms with Gasteiger partial charge in [0, 0.05) is 23.0 Å². The smallest absolute Gasteiger partial charge is 0.220 e. The quantitative estimate of drug-likeness (QED) is 0.859. The number of carbonyl (C=O) groups excluding carboxylic acids is 1. The van der Waals surface area contributed by atoms with Crippen LogP contribution in [0.15, 0.2) is 42.5 Å². The summed E-state index contributed by atoms with van der Waals surface area (Å²) in [6.07, 6.45) is 1.02. The lowest BCUT2D eigenvalue weighted by molar-refractivity contribution is -0.121. The largest absolute Gasteiger partial charge is 0.352 e. The van der Waals surface area contributed by atoms with Crippen molar-refractivity contribution >= 4 is 29.1 Å². The van der Waals surface area contributed by atoms with Crippen LogP contribution in [0.4, 0.5) is 0 Å². The molecule has 1 N–H and O–H groups in total. The Balaban J connectivity index is 1.82. The van der Waals surface area contributed by atoms with E-state index < -0.39 is 0 Å². The van der Waals surface area contributed by atoms with Crippen LogP contribution in [0.25, 0.3) is 0 Å². The average molecular weight is 322 g/mol. The van der Waals surface area contributed by atoms with Crippen LogP contribution in [0.5, 0.6) is 0 Å². The first-order chi connectivity index (χ1) is 10.0. The van der Waals surface area contributed by atoms with E-state index in [4.69, 9.17) is 23.2 Å². The van der Waals surface area contributed by atoms with E-state index >= 15 is 0 Å². The third-order valence-electron chi connectivity index (χ3n) is 3.21. The summed E-state index contributed by atoms with van der Waals surface area (Å²) < 4.78 is 0. The highest BCUT2D eigenvalue weighted by atomic mass is 35.5. The number of aryl methyl sites for hydroxylation is 2. The van der Waals surface area contributed by atoms with Gasteiger partial charge in [-0.25, -0.2) is 0 Å². The molecule has 0 atom stereocenters. The molecule has 1 amide bonds. The molecule has 0 fully saturated rings. The summed E-state index contributed by atoms with van der Waals surface area (Å²) in [5, 5.41) is 4.13. The zero-order valence-corrected chi connectivity index (χ0v) is 13.3. The first-order valence-electron chi connectivity index (χ1n) is 6.81. The minimum Gasteiger partial charge on any atom is -0.352 e. The second kappa shape index (κ2) is 7.48. The van der Waals surface area contributed by atoms with Crippen LogP contribution in [0.1, 0.15) is 23.1 Å². The molecule has 0 aliphatic heterocycles. The molecule has 0 bridgehead atoms. The number of nitrogens with one attached hydrogen (secondary N) is 1. The maximum Gasteiger partial charge on any atom is 0.220 e. The highest BCUT2D eigenvalue weighted by Gasteiger charge is 2.06. The summed E-state index contributed by atoms with van der Waals surface area (Å²) >= 11 is 11.9. The second-order valence-electron chi connectivity index (χ2n) is 5.00. The van der Waals surface area contributed by atoms with Crippen LogP contribution in [-0.4, -0.2) is 5.91 Å². The number of amides is 1. The minimum atomic E-state index is 0.0162. The van der Waals surface area contributed by atoms with Crippen molar-refractivity contribution in [3.05, 3.63) is 69.2 Å². The number of hydrogen-bond acceptors (Lipinski definition) is 1. The minimum absolute atomic E-state index is 0.0162. The predicted molar refractivity (Wildman–Crippen MR) is 87.8 cm³/mol. The van der Waals surface area contributed by atoms with Crippen LogP contribution in [0, 0.1) is 6.92 Å². The Morgan fingerprint density at radius 2 is 1.95 bits per heavy atom. The van der Waals surface area contributed by atoms with Gasteiger partial charge in [-0.1, -0.05) is 59.1 Å². The van der Waals surface area contributed by atoms with Gasteiger partial charge in [-0.15, -0.1) is 0 Å². The highest BCUT2D eigenvalue weighted by Crippen LogP contribution is 2.22. The van der Waals surface area contributed by atoms with Crippen molar-refractivity contribution in [2.24, 2.45) is 0 Å². The van der Waals surface area contributed by atoms with Crippen LogP contribution < -0.4 is 5.32 Å². The highest BCUT2D eigenvalue weighted by molar-refractivity contribution is 6.35. The Hall–Kier alpha value is -1.51. The Morgan fingerprint density at radius 1 is 1.14 bits per heavy atom. The molecule has 0 radical (unpaired) electrons. The molecule has 0 spiro atoms. The normalized spacial score (nSPS) is 10.4. The second-order valence-corrected chi connectivity index (χ2v) is 5.85. The van der Waals surface area contributed by atoms with Crippen LogP contribution in [-0.2, 0) is 17.8 Å². The molecule has 2 aromatic carbocycles. The molecule has 21 heavy (non-hydrogen) atoms. The van der Waals surface area contributed by atoms with E-state index in [2.05, 4.69) is 11.4 Å². The van der Waals surface area contributed by atoms with Gasteiger partial charge in [-0.3, -0.25) is 4.79 Å². The van der Waals surface area contributed by atoms with E-state index in [-0.39, 0.29) is 5.91 Å². The molecule has 0 saturated heterocycles. The van der Waals surface area contributed by atoms with Crippen LogP contribution in [0.2, 0.25) is 10.0 Å². The van der Waals surface area contributed by atoms with Gasteiger partial charge in [0.1, 0.15) is 0 Å². The molecule has 2 aromatic rings. The van der Waals surface area contributed by atoms with Crippen molar-refractivity contribution in [1.82, 2.24) is 5.32 Å². The van der Waals surface area contributed by atoms with Crippen molar-refractivity contribution < 1.29 is 4.79 Å². The standard InChI is InChI=1S/C17H17Cl2NO/c1-12-3-2-4-13(9-12)11-20-17(21)8-6-14-5-7-15(18)10-16(14)19/h2-5,7,9-10H,6,8,11H2,1H3,(H,20,21). The average Bonchev–Trinajstić information content (AvgIpc) is 2.44. The first kappa shape index (κ1) is 15.9. The molecule has 0 aliphatic rings. The van der Waals surface area contributed by atoms with Crippen molar-refractivity contribution in [2.45, 2.75) is 26.3 Å². The first-order valence-corrected chi connectivity index (χ1v) is 7.56. The fourth-order valence-electron chi connectivity index (χ4n) is 2.08. The molecule has 4 heteroatoms. The monoisotopic (exact) mass is 321 g/mol. The van der Waals surface area contributed by atoms with Crippen molar-refractivity contribution in [3.63, 3.8) is 0 Å². The molecule has 0 saturated carbocycles. The maximum absolute atomic E-state index is 11.9. The summed E-state index contributed by atoms with van der Waals surface area (Å²) in [5.74, 6) is 0.0162. The topological polar surface area (TPSA) is 29.1 Å². The van der Waals surface area contributed by atoms with E-state index in [1.807, 2.05) is 31.2 Å². The number of rotatable bonds is 5. The third-order valence-corrected chi connectivity index (χ3v) is 3.80. The molecule has 2 rings (SSSR count). The van der Waals surface area contributed by atoms with E-state index in [0.29, 0.717) is 29.4 Å². The maximum atomic E-state index is 11.9. The van der Waals surface area contributed by atoms with E-state index in [0.717, 1.165) is 11.1 Å². The van der Waals surface area contributed by atoms with Crippen molar-refractivity contribution in [2.75, 3.05) is 0 Å². The summed E-state index contributed by atoms with van der Waals surface area (Å²) in [5.41, 5.74) is 3.23. The third kappa shape index (κ3) is 5.07. The van der Waals surface area contributed by atoms with Gasteiger partial charge in [0.2, 0.25) is 5.91 Å². The van der Waals surface area contributed by atoms with Gasteiger partial charge >= 0.3 is 0 Å². The number of halogens is 2. The Bertz CT molecular complexity index is 640. The number of hydrogen-bond donors (Lipinski definition) is 1. The van der Waals surface area contributed by atoms with E-state index in [9.17, 15) is 4.79 Å². The lowest BCUT2D eigenvalue weighted by atomic mass is 10.1. The van der Waals surface area contributed by atoms with Gasteiger partial charge in [-0.2, -0.15) is 0 Å². The number of benzene rings is 2. The molecular formula is C17H17Cl2NO. The number of carbonyl (C=O) groups is 1. The summed E-state index contributed by atoms with van der Waals surface area (Å²) in [7, 11) is 0. The molecular weight excluding hydrogens is 305 g/mol. The Morgan fingerprint density at radius 3 is 2.67 bits per heavy atom. The van der Waals surface area contributed by atoms with Gasteiger partial charge in [0.25, 0.3) is 0 Å². The van der Waals surface area contributed by atoms with Crippen molar-refractivity contribution in [3.8, 4) is 0 Å². The van der Waals surface area contributed by atoms with Gasteiger partial charge < -0.3 is 5.32 Å². The summed E-state index contributed by atoms with van der Waals surface area (Å²) in [6.45, 7) is 2.59. The fraction of sp³-hybridized carbons (Fsp3) is 0.235. The van der Waals surface area contributed by atoms with Gasteiger partial charge in [-0.05, 0) is 36.6 Å². The molecule has 110 valence electrons. The Kier molecular flexibility index (Phi) is 5.66. The Labute approximate surface area is 135 Å². The SMILES string of the molecule is Cc1cccc(CNC(=O)CCc2ccc(Cl)cc2Cl)c1. The van der Waals surface area contributed by atoms with Gasteiger partial charge in [0.15, 0.2) is 0 Å². The predicted octanol–water partition coefficient (Wildman–Crippen LogP) is 4.55. The molecule has 2 nitrogen and oxygen atoms in total.